The monoisotopic (exact) mass is 540 g/mol. The van der Waals surface area contributed by atoms with E-state index in [-0.39, 0.29) is 11.8 Å². The van der Waals surface area contributed by atoms with Gasteiger partial charge >= 0.3 is 0 Å². The van der Waals surface area contributed by atoms with E-state index in [4.69, 9.17) is 0 Å². The molecule has 1 aromatic heterocycles. The predicted octanol–water partition coefficient (Wildman–Crippen LogP) is 5.59. The number of fused-ring (bicyclic) bond motifs is 1. The van der Waals surface area contributed by atoms with Crippen molar-refractivity contribution in [3.63, 3.8) is 0 Å². The van der Waals surface area contributed by atoms with Crippen molar-refractivity contribution in [3.8, 4) is 0 Å². The Bertz CT molecular complexity index is 1390. The van der Waals surface area contributed by atoms with Crippen LogP contribution in [-0.4, -0.2) is 23.3 Å². The quantitative estimate of drug-likeness (QED) is 0.334. The van der Waals surface area contributed by atoms with Crippen molar-refractivity contribution in [1.82, 2.24) is 10.3 Å². The molecule has 1 aliphatic heterocycles. The molecule has 7 heteroatoms. The highest BCUT2D eigenvalue weighted by Crippen LogP contribution is 2.30. The zero-order chi connectivity index (χ0) is 24.9. The van der Waals surface area contributed by atoms with Gasteiger partial charge in [0.2, 0.25) is 0 Å². The number of rotatable bonds is 6. The van der Waals surface area contributed by atoms with Gasteiger partial charge in [-0.1, -0.05) is 46.3 Å². The van der Waals surface area contributed by atoms with Crippen LogP contribution in [-0.2, 0) is 19.5 Å². The average molecular weight is 541 g/mol. The van der Waals surface area contributed by atoms with Crippen molar-refractivity contribution in [2.24, 2.45) is 0 Å². The molecular formula is C29H25BrN4O2. The smallest absolute Gasteiger partial charge is 0.255 e. The molecule has 2 N–H and O–H groups in total. The number of carbonyl (C=O) groups excluding carboxylic acids is 2. The van der Waals surface area contributed by atoms with Crippen LogP contribution in [0.15, 0.2) is 95.7 Å². The summed E-state index contributed by atoms with van der Waals surface area (Å²) in [6.07, 6.45) is 4.35. The predicted molar refractivity (Wildman–Crippen MR) is 145 cm³/mol. The van der Waals surface area contributed by atoms with E-state index in [1.165, 1.54) is 11.1 Å². The molecule has 0 saturated heterocycles. The molecule has 2 heterocycles. The average Bonchev–Trinajstić information content (AvgIpc) is 2.92. The first kappa shape index (κ1) is 23.8. The van der Waals surface area contributed by atoms with E-state index in [2.05, 4.69) is 54.6 Å². The summed E-state index contributed by atoms with van der Waals surface area (Å²) in [5.74, 6) is -0.434. The van der Waals surface area contributed by atoms with Gasteiger partial charge in [0.25, 0.3) is 11.8 Å². The number of nitrogens with zero attached hydrogens (tertiary/aromatic N) is 2. The second-order valence-corrected chi connectivity index (χ2v) is 9.59. The maximum atomic E-state index is 13.4. The summed E-state index contributed by atoms with van der Waals surface area (Å²) < 4.78 is 0.902. The van der Waals surface area contributed by atoms with Gasteiger partial charge in [-0.05, 0) is 71.6 Å². The molecule has 0 atom stereocenters. The van der Waals surface area contributed by atoms with Gasteiger partial charge in [-0.25, -0.2) is 0 Å². The van der Waals surface area contributed by atoms with Crippen LogP contribution in [0.1, 0.15) is 37.4 Å². The molecule has 0 aliphatic carbocycles. The Hall–Kier alpha value is -3.97. The summed E-state index contributed by atoms with van der Waals surface area (Å²) in [5.41, 5.74) is 5.99. The molecule has 2 amide bonds. The maximum absolute atomic E-state index is 13.4. The van der Waals surface area contributed by atoms with E-state index in [1.807, 2.05) is 42.5 Å². The fraction of sp³-hybridized carbons (Fsp3) is 0.138. The number of halogens is 1. The van der Waals surface area contributed by atoms with Crippen LogP contribution in [0, 0.1) is 0 Å². The molecule has 0 fully saturated rings. The van der Waals surface area contributed by atoms with Gasteiger partial charge in [0.1, 0.15) is 0 Å². The molecule has 0 spiro atoms. The van der Waals surface area contributed by atoms with E-state index in [0.717, 1.165) is 35.2 Å². The van der Waals surface area contributed by atoms with Crippen molar-refractivity contribution in [2.75, 3.05) is 16.8 Å². The fourth-order valence-corrected chi connectivity index (χ4v) is 4.62. The SMILES string of the molecule is O=C(Nc1ccc(N2CCc3ccccc3C2)c(C(=O)NCc2cccnc2)c1)c1ccc(Br)cc1. The van der Waals surface area contributed by atoms with Crippen molar-refractivity contribution in [1.29, 1.82) is 0 Å². The normalized spacial score (nSPS) is 12.5. The van der Waals surface area contributed by atoms with Crippen LogP contribution in [0.2, 0.25) is 0 Å². The molecule has 5 rings (SSSR count). The van der Waals surface area contributed by atoms with Crippen LogP contribution < -0.4 is 15.5 Å². The van der Waals surface area contributed by atoms with E-state index >= 15 is 0 Å². The summed E-state index contributed by atoms with van der Waals surface area (Å²) >= 11 is 3.39. The number of hydrogen-bond donors (Lipinski definition) is 2. The number of benzene rings is 3. The molecule has 0 radical (unpaired) electrons. The van der Waals surface area contributed by atoms with Crippen molar-refractivity contribution in [2.45, 2.75) is 19.5 Å². The zero-order valence-electron chi connectivity index (χ0n) is 19.6. The molecule has 0 unspecified atom stereocenters. The van der Waals surface area contributed by atoms with Crippen molar-refractivity contribution >= 4 is 39.1 Å². The molecular weight excluding hydrogens is 516 g/mol. The molecule has 36 heavy (non-hydrogen) atoms. The van der Waals surface area contributed by atoms with Gasteiger partial charge in [0.05, 0.1) is 5.56 Å². The third kappa shape index (κ3) is 5.47. The topological polar surface area (TPSA) is 74.3 Å². The van der Waals surface area contributed by atoms with E-state index < -0.39 is 0 Å². The lowest BCUT2D eigenvalue weighted by Gasteiger charge is -2.32. The molecule has 3 aromatic carbocycles. The summed E-state index contributed by atoms with van der Waals surface area (Å²) in [4.78, 5) is 32.5. The minimum atomic E-state index is -0.233. The van der Waals surface area contributed by atoms with Crippen LogP contribution in [0.5, 0.6) is 0 Å². The van der Waals surface area contributed by atoms with Gasteiger partial charge in [0, 0.05) is 53.4 Å². The Balaban J connectivity index is 1.42. The molecule has 180 valence electrons. The van der Waals surface area contributed by atoms with Crippen LogP contribution in [0.25, 0.3) is 0 Å². The van der Waals surface area contributed by atoms with Crippen molar-refractivity contribution in [3.05, 3.63) is 124 Å². The highest BCUT2D eigenvalue weighted by atomic mass is 79.9. The van der Waals surface area contributed by atoms with E-state index in [9.17, 15) is 9.59 Å². The van der Waals surface area contributed by atoms with Crippen LogP contribution in [0.4, 0.5) is 11.4 Å². The summed E-state index contributed by atoms with van der Waals surface area (Å²) in [5, 5.41) is 5.94. The van der Waals surface area contributed by atoms with E-state index in [1.54, 1.807) is 30.6 Å². The summed E-state index contributed by atoms with van der Waals surface area (Å²) in [6, 6.07) is 24.8. The number of anilines is 2. The zero-order valence-corrected chi connectivity index (χ0v) is 21.2. The lowest BCUT2D eigenvalue weighted by Crippen LogP contribution is -2.33. The summed E-state index contributed by atoms with van der Waals surface area (Å²) in [6.45, 7) is 1.90. The second kappa shape index (κ2) is 10.7. The van der Waals surface area contributed by atoms with Crippen LogP contribution in [0.3, 0.4) is 0 Å². The molecule has 0 bridgehead atoms. The Labute approximate surface area is 218 Å². The number of carbonyl (C=O) groups is 2. The van der Waals surface area contributed by atoms with Crippen LogP contribution >= 0.6 is 15.9 Å². The molecule has 6 nitrogen and oxygen atoms in total. The third-order valence-corrected chi connectivity index (χ3v) is 6.78. The Kier molecular flexibility index (Phi) is 7.09. The maximum Gasteiger partial charge on any atom is 0.255 e. The standard InChI is InChI=1S/C29H25BrN4O2/c30-24-9-7-22(8-10-24)28(35)33-25-11-12-27(34-15-13-21-5-1-2-6-23(21)19-34)26(16-25)29(36)32-18-20-4-3-14-31-17-20/h1-12,14,16-17H,13,15,18-19H2,(H,32,36)(H,33,35). The van der Waals surface area contributed by atoms with Crippen molar-refractivity contribution < 1.29 is 9.59 Å². The second-order valence-electron chi connectivity index (χ2n) is 8.68. The van der Waals surface area contributed by atoms with Gasteiger partial charge in [0.15, 0.2) is 0 Å². The Morgan fingerprint density at radius 1 is 0.917 bits per heavy atom. The van der Waals surface area contributed by atoms with Gasteiger partial charge in [-0.2, -0.15) is 0 Å². The lowest BCUT2D eigenvalue weighted by molar-refractivity contribution is 0.0950. The highest BCUT2D eigenvalue weighted by molar-refractivity contribution is 9.10. The Morgan fingerprint density at radius 2 is 1.72 bits per heavy atom. The lowest BCUT2D eigenvalue weighted by atomic mass is 9.98. The first-order valence-corrected chi connectivity index (χ1v) is 12.6. The first-order chi connectivity index (χ1) is 17.6. The number of nitrogens with one attached hydrogen (secondary N) is 2. The Morgan fingerprint density at radius 3 is 2.50 bits per heavy atom. The molecule has 0 saturated carbocycles. The highest BCUT2D eigenvalue weighted by Gasteiger charge is 2.22. The van der Waals surface area contributed by atoms with Gasteiger partial charge in [-0.3, -0.25) is 14.6 Å². The molecule has 1 aliphatic rings. The molecule has 4 aromatic rings. The number of hydrogen-bond acceptors (Lipinski definition) is 4. The first-order valence-electron chi connectivity index (χ1n) is 11.8. The van der Waals surface area contributed by atoms with Gasteiger partial charge < -0.3 is 15.5 Å². The number of amides is 2. The number of aromatic nitrogens is 1. The third-order valence-electron chi connectivity index (χ3n) is 6.25. The minimum absolute atomic E-state index is 0.201. The van der Waals surface area contributed by atoms with E-state index in [0.29, 0.717) is 23.4 Å². The summed E-state index contributed by atoms with van der Waals surface area (Å²) in [7, 11) is 0. The minimum Gasteiger partial charge on any atom is -0.366 e. The number of pyridine rings is 1. The van der Waals surface area contributed by atoms with Gasteiger partial charge in [-0.15, -0.1) is 0 Å². The largest absolute Gasteiger partial charge is 0.366 e. The fourth-order valence-electron chi connectivity index (χ4n) is 4.36.